The number of piperidine rings is 1. The molecule has 3 rings (SSSR count). The van der Waals surface area contributed by atoms with Crippen LogP contribution >= 0.6 is 24.0 Å². The fourth-order valence-corrected chi connectivity index (χ4v) is 3.27. The van der Waals surface area contributed by atoms with Crippen LogP contribution in [0.3, 0.4) is 0 Å². The van der Waals surface area contributed by atoms with Crippen LogP contribution in [0.25, 0.3) is 0 Å². The molecule has 0 atom stereocenters. The van der Waals surface area contributed by atoms with Gasteiger partial charge in [-0.05, 0) is 54.7 Å². The Morgan fingerprint density at radius 2 is 1.63 bits per heavy atom. The summed E-state index contributed by atoms with van der Waals surface area (Å²) in [4.78, 5) is 11.0. The molecule has 2 aromatic rings. The van der Waals surface area contributed by atoms with Crippen molar-refractivity contribution in [3.05, 3.63) is 59.3 Å². The zero-order valence-corrected chi connectivity index (χ0v) is 19.2. The fourth-order valence-electron chi connectivity index (χ4n) is 3.27. The molecular weight excluding hydrogens is 506 g/mol. The smallest absolute Gasteiger partial charge is 0.357 e. The fraction of sp³-hybridized carbons (Fsp3) is 0.429. The quantitative estimate of drug-likeness (QED) is 0.336. The third-order valence-corrected chi connectivity index (χ3v) is 4.91. The van der Waals surface area contributed by atoms with Gasteiger partial charge in [0.25, 0.3) is 0 Å². The number of pyridine rings is 1. The van der Waals surface area contributed by atoms with Crippen molar-refractivity contribution >= 4 is 35.8 Å². The van der Waals surface area contributed by atoms with Crippen LogP contribution in [-0.4, -0.2) is 31.1 Å². The molecule has 0 spiro atoms. The number of rotatable bonds is 5. The molecule has 1 fully saturated rings. The van der Waals surface area contributed by atoms with Gasteiger partial charge in [0, 0.05) is 39.4 Å². The number of aromatic nitrogens is 1. The number of benzene rings is 1. The van der Waals surface area contributed by atoms with E-state index >= 15 is 0 Å². The second kappa shape index (κ2) is 11.4. The van der Waals surface area contributed by atoms with E-state index in [1.165, 1.54) is 31.4 Å². The van der Waals surface area contributed by atoms with E-state index in [1.54, 1.807) is 7.05 Å². The Morgan fingerprint density at radius 3 is 2.23 bits per heavy atom. The minimum Gasteiger partial charge on any atom is -0.357 e. The lowest BCUT2D eigenvalue weighted by molar-refractivity contribution is -0.137. The molecular formula is C21H27F3IN5. The summed E-state index contributed by atoms with van der Waals surface area (Å²) in [6, 6.07) is 9.16. The molecule has 30 heavy (non-hydrogen) atoms. The van der Waals surface area contributed by atoms with Crippen molar-refractivity contribution in [2.45, 2.75) is 38.5 Å². The van der Waals surface area contributed by atoms with E-state index in [4.69, 9.17) is 0 Å². The van der Waals surface area contributed by atoms with Gasteiger partial charge in [-0.15, -0.1) is 24.0 Å². The van der Waals surface area contributed by atoms with E-state index in [0.29, 0.717) is 19.0 Å². The lowest BCUT2D eigenvalue weighted by Crippen LogP contribution is -2.36. The Morgan fingerprint density at radius 1 is 1.00 bits per heavy atom. The first-order valence-electron chi connectivity index (χ1n) is 9.76. The van der Waals surface area contributed by atoms with Gasteiger partial charge in [0.1, 0.15) is 5.82 Å². The number of anilines is 1. The molecule has 0 radical (unpaired) electrons. The summed E-state index contributed by atoms with van der Waals surface area (Å²) in [6.07, 6.45) is 1.18. The van der Waals surface area contributed by atoms with Crippen LogP contribution in [-0.2, 0) is 19.3 Å². The van der Waals surface area contributed by atoms with Crippen molar-refractivity contribution in [3.8, 4) is 0 Å². The van der Waals surface area contributed by atoms with Crippen LogP contribution in [0, 0.1) is 0 Å². The second-order valence-electron chi connectivity index (χ2n) is 7.04. The molecule has 5 nitrogen and oxygen atoms in total. The van der Waals surface area contributed by atoms with Gasteiger partial charge in [0.05, 0.1) is 5.56 Å². The Hall–Kier alpha value is -2.04. The standard InChI is InChI=1S/C21H26F3N5.HI/c1-25-20(27-14-16-5-7-18(8-6-16)21(22,23)24)28-15-17-9-10-26-19(13-17)29-11-3-2-4-12-29;/h5-10,13H,2-4,11-12,14-15H2,1H3,(H2,25,27,28);1H. The number of hydrogen-bond acceptors (Lipinski definition) is 3. The Labute approximate surface area is 192 Å². The van der Waals surface area contributed by atoms with Gasteiger partial charge < -0.3 is 15.5 Å². The first-order valence-corrected chi connectivity index (χ1v) is 9.76. The van der Waals surface area contributed by atoms with Crippen LogP contribution in [0.4, 0.5) is 19.0 Å². The predicted molar refractivity (Wildman–Crippen MR) is 124 cm³/mol. The van der Waals surface area contributed by atoms with Crippen molar-refractivity contribution in [2.24, 2.45) is 4.99 Å². The molecule has 0 aliphatic carbocycles. The average molecular weight is 533 g/mol. The second-order valence-corrected chi connectivity index (χ2v) is 7.04. The third-order valence-electron chi connectivity index (χ3n) is 4.91. The van der Waals surface area contributed by atoms with Gasteiger partial charge in [-0.2, -0.15) is 13.2 Å². The molecule has 2 N–H and O–H groups in total. The molecule has 1 aromatic heterocycles. The molecule has 1 aliphatic rings. The molecule has 9 heteroatoms. The highest BCUT2D eigenvalue weighted by Gasteiger charge is 2.29. The maximum Gasteiger partial charge on any atom is 0.416 e. The highest BCUT2D eigenvalue weighted by Crippen LogP contribution is 2.29. The van der Waals surface area contributed by atoms with Gasteiger partial charge in [0.2, 0.25) is 0 Å². The predicted octanol–water partition coefficient (Wildman–Crippen LogP) is 4.57. The lowest BCUT2D eigenvalue weighted by atomic mass is 10.1. The van der Waals surface area contributed by atoms with E-state index in [1.807, 2.05) is 12.3 Å². The van der Waals surface area contributed by atoms with Gasteiger partial charge in [-0.1, -0.05) is 12.1 Å². The van der Waals surface area contributed by atoms with Gasteiger partial charge >= 0.3 is 6.18 Å². The van der Waals surface area contributed by atoms with Crippen LogP contribution in [0.2, 0.25) is 0 Å². The van der Waals surface area contributed by atoms with Crippen molar-refractivity contribution in [1.82, 2.24) is 15.6 Å². The van der Waals surface area contributed by atoms with Crippen molar-refractivity contribution in [2.75, 3.05) is 25.0 Å². The number of nitrogens with one attached hydrogen (secondary N) is 2. The summed E-state index contributed by atoms with van der Waals surface area (Å²) in [5.74, 6) is 1.58. The van der Waals surface area contributed by atoms with Crippen molar-refractivity contribution in [3.63, 3.8) is 0 Å². The largest absolute Gasteiger partial charge is 0.416 e. The monoisotopic (exact) mass is 533 g/mol. The Bertz CT molecular complexity index is 818. The topological polar surface area (TPSA) is 52.6 Å². The third kappa shape index (κ3) is 7.03. The molecule has 164 valence electrons. The zero-order chi connectivity index (χ0) is 20.7. The number of alkyl halides is 3. The highest BCUT2D eigenvalue weighted by molar-refractivity contribution is 14.0. The van der Waals surface area contributed by atoms with E-state index in [9.17, 15) is 13.2 Å². The summed E-state index contributed by atoms with van der Waals surface area (Å²) < 4.78 is 37.9. The Kier molecular flexibility index (Phi) is 9.19. The molecule has 1 saturated heterocycles. The summed E-state index contributed by atoms with van der Waals surface area (Å²) >= 11 is 0. The number of hydrogen-bond donors (Lipinski definition) is 2. The number of nitrogens with zero attached hydrogens (tertiary/aromatic N) is 3. The molecule has 2 heterocycles. The van der Waals surface area contributed by atoms with Crippen LogP contribution in [0.15, 0.2) is 47.6 Å². The summed E-state index contributed by atoms with van der Waals surface area (Å²) in [5.41, 5.74) is 1.20. The minimum atomic E-state index is -4.32. The van der Waals surface area contributed by atoms with Gasteiger partial charge in [-0.3, -0.25) is 4.99 Å². The molecule has 0 amide bonds. The zero-order valence-electron chi connectivity index (χ0n) is 16.9. The Balaban J connectivity index is 0.00000320. The molecule has 1 aliphatic heterocycles. The molecule has 0 bridgehead atoms. The normalized spacial score (nSPS) is 14.8. The SMILES string of the molecule is CN=C(NCc1ccc(C(F)(F)F)cc1)NCc1ccnc(N2CCCCC2)c1.I. The van der Waals surface area contributed by atoms with Crippen molar-refractivity contribution in [1.29, 1.82) is 0 Å². The van der Waals surface area contributed by atoms with E-state index < -0.39 is 11.7 Å². The average Bonchev–Trinajstić information content (AvgIpc) is 2.74. The maximum atomic E-state index is 12.6. The molecule has 1 aromatic carbocycles. The molecule has 0 saturated carbocycles. The summed E-state index contributed by atoms with van der Waals surface area (Å²) in [7, 11) is 1.66. The van der Waals surface area contributed by atoms with Crippen LogP contribution < -0.4 is 15.5 Å². The first-order chi connectivity index (χ1) is 14.0. The minimum absolute atomic E-state index is 0. The van der Waals surface area contributed by atoms with Crippen molar-refractivity contribution < 1.29 is 13.2 Å². The highest BCUT2D eigenvalue weighted by atomic mass is 127. The van der Waals surface area contributed by atoms with E-state index in [0.717, 1.165) is 42.2 Å². The molecule has 0 unspecified atom stereocenters. The van der Waals surface area contributed by atoms with E-state index in [2.05, 4.69) is 31.6 Å². The summed E-state index contributed by atoms with van der Waals surface area (Å²) in [5, 5.41) is 6.36. The lowest BCUT2D eigenvalue weighted by Gasteiger charge is -2.28. The first kappa shape index (κ1) is 24.2. The number of aliphatic imine (C=N–C) groups is 1. The number of guanidine groups is 1. The van der Waals surface area contributed by atoms with Crippen LogP contribution in [0.5, 0.6) is 0 Å². The number of halogens is 4. The van der Waals surface area contributed by atoms with Crippen LogP contribution in [0.1, 0.15) is 36.0 Å². The van der Waals surface area contributed by atoms with Gasteiger partial charge in [0.15, 0.2) is 5.96 Å². The maximum absolute atomic E-state index is 12.6. The summed E-state index contributed by atoms with van der Waals surface area (Å²) in [6.45, 7) is 3.05. The van der Waals surface area contributed by atoms with Gasteiger partial charge in [-0.25, -0.2) is 4.98 Å². The van der Waals surface area contributed by atoms with E-state index in [-0.39, 0.29) is 24.0 Å².